The van der Waals surface area contributed by atoms with Crippen molar-refractivity contribution in [1.29, 1.82) is 0 Å². The Morgan fingerprint density at radius 3 is 2.02 bits per heavy atom. The fraction of sp³-hybridized carbons (Fsp3) is 0.447. The minimum atomic E-state index is -2.83. The molecule has 4 rings (SSSR count). The maximum atomic E-state index is 11.9. The molecule has 3 aromatic carbocycles. The summed E-state index contributed by atoms with van der Waals surface area (Å²) in [4.78, 5) is 11.9. The molecule has 0 amide bonds. The van der Waals surface area contributed by atoms with Gasteiger partial charge in [0.1, 0.15) is 5.52 Å². The van der Waals surface area contributed by atoms with E-state index in [1.165, 1.54) is 16.4 Å². The molecule has 7 nitrogen and oxygen atoms in total. The van der Waals surface area contributed by atoms with Crippen LogP contribution in [0.3, 0.4) is 0 Å². The van der Waals surface area contributed by atoms with Gasteiger partial charge < -0.3 is 13.6 Å². The highest BCUT2D eigenvalue weighted by atomic mass is 28.4. The van der Waals surface area contributed by atoms with Crippen molar-refractivity contribution in [3.8, 4) is 0 Å². The van der Waals surface area contributed by atoms with Crippen LogP contribution < -0.4 is 10.4 Å². The van der Waals surface area contributed by atoms with Crippen LogP contribution in [0.15, 0.2) is 78.9 Å². The maximum Gasteiger partial charge on any atom is 0.330 e. The van der Waals surface area contributed by atoms with Crippen molar-refractivity contribution in [3.05, 3.63) is 90.0 Å². The molecule has 0 unspecified atom stereocenters. The van der Waals surface area contributed by atoms with E-state index in [9.17, 15) is 4.79 Å². The third-order valence-electron chi connectivity index (χ3n) is 9.53. The number of benzene rings is 3. The van der Waals surface area contributed by atoms with Crippen molar-refractivity contribution >= 4 is 50.1 Å². The molecule has 0 saturated carbocycles. The molecular weight excluding hydrogens is 619 g/mol. The molecule has 0 saturated heterocycles. The first kappa shape index (κ1) is 36.5. The number of esters is 1. The van der Waals surface area contributed by atoms with Crippen molar-refractivity contribution in [2.75, 3.05) is 13.2 Å². The second kappa shape index (κ2) is 14.8. The Labute approximate surface area is 283 Å². The van der Waals surface area contributed by atoms with Crippen LogP contribution in [-0.2, 0) is 24.9 Å². The Bertz CT molecular complexity index is 1620. The summed E-state index contributed by atoms with van der Waals surface area (Å²) in [7, 11) is -4.89. The first-order chi connectivity index (χ1) is 22.1. The van der Waals surface area contributed by atoms with Crippen molar-refractivity contribution in [2.45, 2.75) is 97.6 Å². The van der Waals surface area contributed by atoms with Crippen molar-refractivity contribution < 1.29 is 18.4 Å². The van der Waals surface area contributed by atoms with Gasteiger partial charge in [-0.2, -0.15) is 0 Å². The SMILES string of the molecule is CCOC(=O)/C=C/c1ccc2c(nnn2CC[C@H](CO[Si](C)(C)C(C)(C)C)O[Si](c2ccccc2)(c2ccccc2)C(C)(C)C)c1C. The highest BCUT2D eigenvalue weighted by molar-refractivity contribution is 6.99. The molecule has 0 aliphatic rings. The topological polar surface area (TPSA) is 75.5 Å². The van der Waals surface area contributed by atoms with Gasteiger partial charge in [0.25, 0.3) is 8.32 Å². The number of rotatable bonds is 13. The van der Waals surface area contributed by atoms with Gasteiger partial charge >= 0.3 is 5.97 Å². The molecule has 0 radical (unpaired) electrons. The minimum Gasteiger partial charge on any atom is -0.463 e. The molecule has 0 spiro atoms. The van der Waals surface area contributed by atoms with Crippen LogP contribution in [0.1, 0.15) is 66.0 Å². The van der Waals surface area contributed by atoms with Crippen LogP contribution in [0.2, 0.25) is 23.2 Å². The molecule has 252 valence electrons. The van der Waals surface area contributed by atoms with Gasteiger partial charge in [0, 0.05) is 12.6 Å². The molecular formula is C38H53N3O4Si2. The zero-order valence-electron chi connectivity index (χ0n) is 30.0. The van der Waals surface area contributed by atoms with Gasteiger partial charge in [-0.3, -0.25) is 0 Å². The molecule has 0 aliphatic carbocycles. The zero-order chi connectivity index (χ0) is 34.5. The molecule has 1 aromatic heterocycles. The normalized spacial score (nSPS) is 13.7. The third-order valence-corrected chi connectivity index (χ3v) is 19.1. The smallest absolute Gasteiger partial charge is 0.330 e. The second-order valence-corrected chi connectivity index (χ2v) is 23.9. The lowest BCUT2D eigenvalue weighted by Gasteiger charge is -2.46. The van der Waals surface area contributed by atoms with E-state index in [0.29, 0.717) is 26.2 Å². The minimum absolute atomic E-state index is 0.0774. The number of ether oxygens (including phenoxy) is 1. The summed E-state index contributed by atoms with van der Waals surface area (Å²) in [5.41, 5.74) is 3.65. The van der Waals surface area contributed by atoms with E-state index in [1.807, 2.05) is 23.7 Å². The highest BCUT2D eigenvalue weighted by Gasteiger charge is 2.51. The first-order valence-corrected chi connectivity index (χ1v) is 21.5. The van der Waals surface area contributed by atoms with E-state index in [4.69, 9.17) is 13.6 Å². The lowest BCUT2D eigenvalue weighted by atomic mass is 10.1. The van der Waals surface area contributed by atoms with Gasteiger partial charge in [0.2, 0.25) is 0 Å². The Morgan fingerprint density at radius 2 is 1.49 bits per heavy atom. The van der Waals surface area contributed by atoms with Crippen LogP contribution in [0, 0.1) is 6.92 Å². The van der Waals surface area contributed by atoms with Crippen molar-refractivity contribution in [2.24, 2.45) is 0 Å². The summed E-state index contributed by atoms with van der Waals surface area (Å²) in [6.45, 7) is 23.6. The summed E-state index contributed by atoms with van der Waals surface area (Å²) < 4.78 is 21.5. The number of aryl methyl sites for hydroxylation is 2. The monoisotopic (exact) mass is 671 g/mol. The van der Waals surface area contributed by atoms with Crippen LogP contribution >= 0.6 is 0 Å². The fourth-order valence-electron chi connectivity index (χ4n) is 5.78. The second-order valence-electron chi connectivity index (χ2n) is 14.8. The number of fused-ring (bicyclic) bond motifs is 1. The van der Waals surface area contributed by atoms with E-state index in [2.05, 4.69) is 126 Å². The van der Waals surface area contributed by atoms with Gasteiger partial charge in [0.05, 0.1) is 24.8 Å². The summed E-state index contributed by atoms with van der Waals surface area (Å²) in [6.07, 6.45) is 3.76. The summed E-state index contributed by atoms with van der Waals surface area (Å²) >= 11 is 0. The van der Waals surface area contributed by atoms with Crippen LogP contribution in [-0.4, -0.2) is 56.9 Å². The van der Waals surface area contributed by atoms with Gasteiger partial charge in [-0.05, 0) is 77.1 Å². The summed E-state index contributed by atoms with van der Waals surface area (Å²) in [5.74, 6) is -0.359. The third kappa shape index (κ3) is 8.20. The van der Waals surface area contributed by atoms with Gasteiger partial charge in [-0.1, -0.05) is 113 Å². The predicted octanol–water partition coefficient (Wildman–Crippen LogP) is 7.67. The Kier molecular flexibility index (Phi) is 11.5. The summed E-state index contributed by atoms with van der Waals surface area (Å²) in [6, 6.07) is 25.6. The molecule has 0 N–H and O–H groups in total. The standard InChI is InChI=1S/C38H53N3O4Si2/c1-11-43-35(42)25-23-30-22-24-34-36(29(30)2)39-40-41(34)27-26-31(28-44-46(9,10)37(3,4)5)45-47(38(6,7)8,32-18-14-12-15-19-32)33-20-16-13-17-21-33/h12-25,31H,11,26-28H2,1-10H3/b25-23+/t31-/m1/s1. The molecule has 0 fully saturated rings. The quantitative estimate of drug-likeness (QED) is 0.0825. The van der Waals surface area contributed by atoms with Crippen LogP contribution in [0.25, 0.3) is 17.1 Å². The molecule has 1 atom stereocenters. The lowest BCUT2D eigenvalue weighted by Crippen LogP contribution is -2.68. The van der Waals surface area contributed by atoms with E-state index in [-0.39, 0.29) is 22.1 Å². The molecule has 0 aliphatic heterocycles. The molecule has 4 aromatic rings. The lowest BCUT2D eigenvalue weighted by molar-refractivity contribution is -0.137. The Balaban J connectivity index is 1.72. The predicted molar refractivity (Wildman–Crippen MR) is 198 cm³/mol. The Morgan fingerprint density at radius 1 is 0.894 bits per heavy atom. The average Bonchev–Trinajstić information content (AvgIpc) is 3.44. The number of hydrogen-bond acceptors (Lipinski definition) is 6. The largest absolute Gasteiger partial charge is 0.463 e. The maximum absolute atomic E-state index is 11.9. The molecule has 1 heterocycles. The number of hydrogen-bond donors (Lipinski definition) is 0. The van der Waals surface area contributed by atoms with Gasteiger partial charge in [-0.15, -0.1) is 5.10 Å². The van der Waals surface area contributed by atoms with Crippen molar-refractivity contribution in [1.82, 2.24) is 15.0 Å². The first-order valence-electron chi connectivity index (χ1n) is 16.7. The van der Waals surface area contributed by atoms with Gasteiger partial charge in [-0.25, -0.2) is 9.48 Å². The number of carbonyl (C=O) groups is 1. The summed E-state index contributed by atoms with van der Waals surface area (Å²) in [5, 5.41) is 11.6. The number of nitrogens with zero attached hydrogens (tertiary/aromatic N) is 3. The average molecular weight is 672 g/mol. The van der Waals surface area contributed by atoms with Crippen LogP contribution in [0.5, 0.6) is 0 Å². The van der Waals surface area contributed by atoms with Crippen molar-refractivity contribution in [3.63, 3.8) is 0 Å². The van der Waals surface area contributed by atoms with E-state index in [1.54, 1.807) is 13.0 Å². The van der Waals surface area contributed by atoms with E-state index in [0.717, 1.165) is 22.2 Å². The fourth-order valence-corrected chi connectivity index (χ4v) is 11.5. The van der Waals surface area contributed by atoms with Gasteiger partial charge in [0.15, 0.2) is 8.32 Å². The van der Waals surface area contributed by atoms with E-state index >= 15 is 0 Å². The zero-order valence-corrected chi connectivity index (χ0v) is 32.0. The molecule has 47 heavy (non-hydrogen) atoms. The highest BCUT2D eigenvalue weighted by Crippen LogP contribution is 2.40. The van der Waals surface area contributed by atoms with E-state index < -0.39 is 16.6 Å². The number of aromatic nitrogens is 3. The van der Waals surface area contributed by atoms with Crippen LogP contribution in [0.4, 0.5) is 0 Å². The Hall–Kier alpha value is -3.38. The molecule has 9 heteroatoms. The number of carbonyl (C=O) groups excluding carboxylic acids is 1. The molecule has 0 bridgehead atoms.